The van der Waals surface area contributed by atoms with Crippen molar-refractivity contribution in [2.45, 2.75) is 5.41 Å². The molecule has 0 atom stereocenters. The SMILES string of the molecule is Clc1ccc2c(c1)Nc1ccccc1C21c2ccccc2Oc2ccccc21. The van der Waals surface area contributed by atoms with Crippen molar-refractivity contribution in [2.75, 3.05) is 5.32 Å². The number of ether oxygens (including phenoxy) is 1. The van der Waals surface area contributed by atoms with Gasteiger partial charge in [0.05, 0.1) is 5.41 Å². The summed E-state index contributed by atoms with van der Waals surface area (Å²) >= 11 is 6.37. The first-order chi connectivity index (χ1) is 13.8. The van der Waals surface area contributed by atoms with Gasteiger partial charge in [0, 0.05) is 27.5 Å². The van der Waals surface area contributed by atoms with Crippen LogP contribution in [0.15, 0.2) is 91.0 Å². The van der Waals surface area contributed by atoms with Gasteiger partial charge in [-0.2, -0.15) is 0 Å². The molecular weight excluding hydrogens is 366 g/mol. The lowest BCUT2D eigenvalue weighted by Gasteiger charge is -2.45. The Kier molecular flexibility index (Phi) is 3.18. The maximum Gasteiger partial charge on any atom is 0.132 e. The first kappa shape index (κ1) is 15.8. The maximum absolute atomic E-state index is 6.37. The zero-order valence-corrected chi connectivity index (χ0v) is 15.7. The first-order valence-corrected chi connectivity index (χ1v) is 9.70. The summed E-state index contributed by atoms with van der Waals surface area (Å²) in [6.07, 6.45) is 0. The molecule has 1 N–H and O–H groups in total. The summed E-state index contributed by atoms with van der Waals surface area (Å²) in [7, 11) is 0. The predicted molar refractivity (Wildman–Crippen MR) is 113 cm³/mol. The summed E-state index contributed by atoms with van der Waals surface area (Å²) < 4.78 is 6.31. The van der Waals surface area contributed by atoms with Crippen LogP contribution in [0.3, 0.4) is 0 Å². The van der Waals surface area contributed by atoms with E-state index < -0.39 is 5.41 Å². The molecule has 0 amide bonds. The Morgan fingerprint density at radius 1 is 0.607 bits per heavy atom. The minimum absolute atomic E-state index is 0.465. The molecule has 0 bridgehead atoms. The molecule has 28 heavy (non-hydrogen) atoms. The highest BCUT2D eigenvalue weighted by molar-refractivity contribution is 6.31. The van der Waals surface area contributed by atoms with Gasteiger partial charge in [-0.3, -0.25) is 0 Å². The Balaban J connectivity index is 1.84. The molecule has 2 aliphatic rings. The molecule has 2 heterocycles. The summed E-state index contributed by atoms with van der Waals surface area (Å²) in [5, 5.41) is 4.31. The molecule has 4 aromatic rings. The highest BCUT2D eigenvalue weighted by Crippen LogP contribution is 2.60. The molecule has 0 aromatic heterocycles. The molecule has 134 valence electrons. The minimum atomic E-state index is -0.465. The van der Waals surface area contributed by atoms with Gasteiger partial charge in [-0.25, -0.2) is 0 Å². The van der Waals surface area contributed by atoms with Crippen LogP contribution >= 0.6 is 11.6 Å². The number of nitrogens with one attached hydrogen (secondary N) is 1. The van der Waals surface area contributed by atoms with E-state index in [0.29, 0.717) is 0 Å². The van der Waals surface area contributed by atoms with E-state index in [4.69, 9.17) is 16.3 Å². The van der Waals surface area contributed by atoms with Gasteiger partial charge in [-0.15, -0.1) is 0 Å². The highest BCUT2D eigenvalue weighted by Gasteiger charge is 2.49. The first-order valence-electron chi connectivity index (χ1n) is 9.32. The summed E-state index contributed by atoms with van der Waals surface area (Å²) in [5.74, 6) is 1.78. The van der Waals surface area contributed by atoms with Gasteiger partial charge in [0.1, 0.15) is 11.5 Å². The van der Waals surface area contributed by atoms with Gasteiger partial charge in [-0.1, -0.05) is 72.3 Å². The zero-order chi connectivity index (χ0) is 18.7. The monoisotopic (exact) mass is 381 g/mol. The van der Waals surface area contributed by atoms with Crippen LogP contribution < -0.4 is 10.1 Å². The molecule has 0 saturated heterocycles. The fourth-order valence-electron chi connectivity index (χ4n) is 4.73. The van der Waals surface area contributed by atoms with Crippen LogP contribution in [0.1, 0.15) is 22.3 Å². The van der Waals surface area contributed by atoms with Crippen molar-refractivity contribution in [2.24, 2.45) is 0 Å². The molecule has 1 spiro atoms. The Bertz CT molecular complexity index is 1180. The number of para-hydroxylation sites is 3. The normalized spacial score (nSPS) is 14.8. The van der Waals surface area contributed by atoms with E-state index in [1.54, 1.807) is 0 Å². The van der Waals surface area contributed by atoms with Crippen LogP contribution in [0, 0.1) is 0 Å². The summed E-state index contributed by atoms with van der Waals surface area (Å²) in [6, 6.07) is 31.3. The number of fused-ring (bicyclic) bond motifs is 8. The molecule has 0 unspecified atom stereocenters. The zero-order valence-electron chi connectivity index (χ0n) is 14.9. The molecule has 3 heteroatoms. The fraction of sp³-hybridized carbons (Fsp3) is 0.0400. The van der Waals surface area contributed by atoms with E-state index in [1.807, 2.05) is 36.4 Å². The minimum Gasteiger partial charge on any atom is -0.457 e. The Morgan fingerprint density at radius 2 is 1.18 bits per heavy atom. The highest BCUT2D eigenvalue weighted by atomic mass is 35.5. The topological polar surface area (TPSA) is 21.3 Å². The van der Waals surface area contributed by atoms with E-state index in [-0.39, 0.29) is 0 Å². The molecule has 0 fully saturated rings. The second-order valence-corrected chi connectivity index (χ2v) is 7.64. The molecule has 2 nitrogen and oxygen atoms in total. The van der Waals surface area contributed by atoms with Crippen molar-refractivity contribution in [3.63, 3.8) is 0 Å². The van der Waals surface area contributed by atoms with Gasteiger partial charge in [0.15, 0.2) is 0 Å². The van der Waals surface area contributed by atoms with Crippen molar-refractivity contribution >= 4 is 23.0 Å². The molecule has 0 aliphatic carbocycles. The van der Waals surface area contributed by atoms with Crippen LogP contribution in [0.5, 0.6) is 11.5 Å². The summed E-state index contributed by atoms with van der Waals surface area (Å²) in [6.45, 7) is 0. The van der Waals surface area contributed by atoms with Crippen LogP contribution in [0.25, 0.3) is 0 Å². The van der Waals surface area contributed by atoms with Crippen molar-refractivity contribution < 1.29 is 4.74 Å². The second-order valence-electron chi connectivity index (χ2n) is 7.20. The Labute approximate surface area is 168 Å². The van der Waals surface area contributed by atoms with E-state index in [2.05, 4.69) is 59.9 Å². The Hall–Kier alpha value is -3.23. The van der Waals surface area contributed by atoms with Crippen LogP contribution in [0.2, 0.25) is 5.02 Å². The van der Waals surface area contributed by atoms with Crippen molar-refractivity contribution in [1.82, 2.24) is 0 Å². The number of hydrogen-bond acceptors (Lipinski definition) is 2. The molecular formula is C25H16ClNO. The predicted octanol–water partition coefficient (Wildman–Crippen LogP) is 6.89. The third-order valence-electron chi connectivity index (χ3n) is 5.79. The number of halogens is 1. The average molecular weight is 382 g/mol. The van der Waals surface area contributed by atoms with Gasteiger partial charge >= 0.3 is 0 Å². The number of benzene rings is 4. The maximum atomic E-state index is 6.37. The van der Waals surface area contributed by atoms with Crippen molar-refractivity contribution in [3.8, 4) is 11.5 Å². The Morgan fingerprint density at radius 3 is 1.89 bits per heavy atom. The molecule has 2 aliphatic heterocycles. The largest absolute Gasteiger partial charge is 0.457 e. The standard InChI is InChI=1S/C25H16ClNO/c26-16-13-14-18-22(15-16)27-21-10-4-1-7-17(21)25(18)19-8-2-5-11-23(19)28-24-12-6-3-9-20(24)25/h1-15,27H. The number of rotatable bonds is 0. The van der Waals surface area contributed by atoms with E-state index in [1.165, 1.54) is 11.1 Å². The fourth-order valence-corrected chi connectivity index (χ4v) is 4.90. The lowest BCUT2D eigenvalue weighted by atomic mass is 9.61. The molecule has 0 saturated carbocycles. The third-order valence-corrected chi connectivity index (χ3v) is 6.02. The quantitative estimate of drug-likeness (QED) is 0.309. The van der Waals surface area contributed by atoms with E-state index in [9.17, 15) is 0 Å². The third kappa shape index (κ3) is 1.93. The lowest BCUT2D eigenvalue weighted by Crippen LogP contribution is -2.37. The molecule has 0 radical (unpaired) electrons. The van der Waals surface area contributed by atoms with Crippen molar-refractivity contribution in [3.05, 3.63) is 118 Å². The summed E-state index contributed by atoms with van der Waals surface area (Å²) in [5.41, 5.74) is 6.33. The smallest absolute Gasteiger partial charge is 0.132 e. The van der Waals surface area contributed by atoms with Gasteiger partial charge in [-0.05, 0) is 41.5 Å². The average Bonchev–Trinajstić information content (AvgIpc) is 2.73. The van der Waals surface area contributed by atoms with E-state index >= 15 is 0 Å². The van der Waals surface area contributed by atoms with Gasteiger partial charge in [0.2, 0.25) is 0 Å². The molecule has 6 rings (SSSR count). The van der Waals surface area contributed by atoms with Crippen LogP contribution in [0.4, 0.5) is 11.4 Å². The van der Waals surface area contributed by atoms with Crippen LogP contribution in [-0.2, 0) is 5.41 Å². The lowest BCUT2D eigenvalue weighted by molar-refractivity contribution is 0.434. The summed E-state index contributed by atoms with van der Waals surface area (Å²) in [4.78, 5) is 0. The van der Waals surface area contributed by atoms with Crippen molar-refractivity contribution in [1.29, 1.82) is 0 Å². The van der Waals surface area contributed by atoms with Gasteiger partial charge in [0.25, 0.3) is 0 Å². The van der Waals surface area contributed by atoms with Gasteiger partial charge < -0.3 is 10.1 Å². The molecule has 4 aromatic carbocycles. The number of hydrogen-bond donors (Lipinski definition) is 1. The van der Waals surface area contributed by atoms with Crippen LogP contribution in [-0.4, -0.2) is 0 Å². The van der Waals surface area contributed by atoms with E-state index in [0.717, 1.165) is 39.0 Å². The second kappa shape index (κ2) is 5.63. The number of anilines is 2.